The maximum Gasteiger partial charge on any atom is 0.102 e. The lowest BCUT2D eigenvalue weighted by Gasteiger charge is -2.06. The standard InChI is InChI=1S/C11H10INS2/c1-14-11(15-2)9(7-13)8-5-3-4-6-10(8)12/h3-6H,1-2H3. The number of thioether (sulfide) groups is 2. The van der Waals surface area contributed by atoms with Crippen molar-refractivity contribution in [2.24, 2.45) is 0 Å². The Morgan fingerprint density at radius 3 is 2.33 bits per heavy atom. The van der Waals surface area contributed by atoms with Gasteiger partial charge in [0.15, 0.2) is 0 Å². The molecule has 4 heteroatoms. The molecular formula is C11H10INS2. The van der Waals surface area contributed by atoms with Gasteiger partial charge in [-0.15, -0.1) is 23.5 Å². The van der Waals surface area contributed by atoms with Crippen LogP contribution in [0.25, 0.3) is 5.57 Å². The number of nitrogens with zero attached hydrogens (tertiary/aromatic N) is 1. The fourth-order valence-electron chi connectivity index (χ4n) is 1.17. The van der Waals surface area contributed by atoms with Gasteiger partial charge in [0.2, 0.25) is 0 Å². The second kappa shape index (κ2) is 6.46. The Balaban J connectivity index is 3.32. The Morgan fingerprint density at radius 2 is 1.87 bits per heavy atom. The van der Waals surface area contributed by atoms with Crippen molar-refractivity contribution in [2.75, 3.05) is 12.5 Å². The second-order valence-corrected chi connectivity index (χ2v) is 5.72. The summed E-state index contributed by atoms with van der Waals surface area (Å²) in [5, 5.41) is 9.20. The zero-order chi connectivity index (χ0) is 11.3. The van der Waals surface area contributed by atoms with Crippen LogP contribution in [-0.4, -0.2) is 12.5 Å². The molecule has 0 aromatic heterocycles. The second-order valence-electron chi connectivity index (χ2n) is 2.66. The summed E-state index contributed by atoms with van der Waals surface area (Å²) in [6.07, 6.45) is 4.00. The Labute approximate surface area is 112 Å². The summed E-state index contributed by atoms with van der Waals surface area (Å²) in [5.41, 5.74) is 1.80. The minimum atomic E-state index is 0.778. The molecule has 0 aliphatic rings. The number of nitriles is 1. The van der Waals surface area contributed by atoms with Gasteiger partial charge in [-0.2, -0.15) is 5.26 Å². The SMILES string of the molecule is CSC(SC)=C(C#N)c1ccccc1I. The normalized spacial score (nSPS) is 9.47. The molecule has 1 nitrogen and oxygen atoms in total. The van der Waals surface area contributed by atoms with E-state index in [2.05, 4.69) is 28.7 Å². The summed E-state index contributed by atoms with van der Waals surface area (Å²) < 4.78 is 2.19. The predicted molar refractivity (Wildman–Crippen MR) is 78.7 cm³/mol. The highest BCUT2D eigenvalue weighted by Gasteiger charge is 2.10. The van der Waals surface area contributed by atoms with Crippen molar-refractivity contribution >= 4 is 51.7 Å². The van der Waals surface area contributed by atoms with Crippen LogP contribution in [0.2, 0.25) is 0 Å². The van der Waals surface area contributed by atoms with Crippen molar-refractivity contribution in [1.29, 1.82) is 5.26 Å². The number of allylic oxidation sites excluding steroid dienone is 1. The first-order valence-electron chi connectivity index (χ1n) is 4.21. The molecule has 0 radical (unpaired) electrons. The molecule has 0 atom stereocenters. The van der Waals surface area contributed by atoms with E-state index >= 15 is 0 Å². The average Bonchev–Trinajstić information content (AvgIpc) is 2.27. The molecule has 0 fully saturated rings. The molecule has 0 aliphatic carbocycles. The quantitative estimate of drug-likeness (QED) is 0.605. The fourth-order valence-corrected chi connectivity index (χ4v) is 3.21. The topological polar surface area (TPSA) is 23.8 Å². The largest absolute Gasteiger partial charge is 0.192 e. The summed E-state index contributed by atoms with van der Waals surface area (Å²) >= 11 is 5.51. The maximum atomic E-state index is 9.20. The predicted octanol–water partition coefficient (Wildman–Crippen LogP) is 4.21. The molecule has 0 bridgehead atoms. The van der Waals surface area contributed by atoms with E-state index in [4.69, 9.17) is 0 Å². The van der Waals surface area contributed by atoms with E-state index in [1.165, 1.54) is 0 Å². The molecule has 0 spiro atoms. The van der Waals surface area contributed by atoms with Crippen LogP contribution in [0.15, 0.2) is 28.5 Å². The van der Waals surface area contributed by atoms with Crippen LogP contribution < -0.4 is 0 Å². The molecule has 0 heterocycles. The molecular weight excluding hydrogens is 337 g/mol. The number of hydrogen-bond donors (Lipinski definition) is 0. The van der Waals surface area contributed by atoms with E-state index in [-0.39, 0.29) is 0 Å². The molecule has 78 valence electrons. The van der Waals surface area contributed by atoms with Crippen molar-refractivity contribution in [3.05, 3.63) is 37.6 Å². The molecule has 0 saturated heterocycles. The van der Waals surface area contributed by atoms with Gasteiger partial charge in [0, 0.05) is 9.13 Å². The van der Waals surface area contributed by atoms with Crippen molar-refractivity contribution in [3.8, 4) is 6.07 Å². The van der Waals surface area contributed by atoms with Crippen LogP contribution in [0, 0.1) is 14.9 Å². The van der Waals surface area contributed by atoms with Gasteiger partial charge in [0.25, 0.3) is 0 Å². The zero-order valence-corrected chi connectivity index (χ0v) is 12.2. The number of hydrogen-bond acceptors (Lipinski definition) is 3. The summed E-state index contributed by atoms with van der Waals surface area (Å²) in [7, 11) is 0. The molecule has 0 N–H and O–H groups in total. The van der Waals surface area contributed by atoms with Crippen LogP contribution in [0.5, 0.6) is 0 Å². The van der Waals surface area contributed by atoms with Crippen LogP contribution in [0.3, 0.4) is 0 Å². The first kappa shape index (κ1) is 12.9. The third-order valence-corrected chi connectivity index (χ3v) is 4.92. The Kier molecular flexibility index (Phi) is 5.58. The van der Waals surface area contributed by atoms with E-state index in [0.29, 0.717) is 0 Å². The number of rotatable bonds is 3. The van der Waals surface area contributed by atoms with Crippen molar-refractivity contribution in [3.63, 3.8) is 0 Å². The van der Waals surface area contributed by atoms with Crippen molar-refractivity contribution in [2.45, 2.75) is 0 Å². The van der Waals surface area contributed by atoms with Crippen molar-refractivity contribution < 1.29 is 0 Å². The van der Waals surface area contributed by atoms with Gasteiger partial charge in [-0.05, 0) is 41.2 Å². The molecule has 0 saturated carbocycles. The van der Waals surface area contributed by atoms with Crippen LogP contribution >= 0.6 is 46.1 Å². The monoisotopic (exact) mass is 347 g/mol. The van der Waals surface area contributed by atoms with Gasteiger partial charge in [-0.1, -0.05) is 18.2 Å². The lowest BCUT2D eigenvalue weighted by molar-refractivity contribution is 1.51. The summed E-state index contributed by atoms with van der Waals surface area (Å²) in [6, 6.07) is 10.3. The van der Waals surface area contributed by atoms with Gasteiger partial charge < -0.3 is 0 Å². The number of halogens is 1. The molecule has 15 heavy (non-hydrogen) atoms. The van der Waals surface area contributed by atoms with Gasteiger partial charge in [-0.3, -0.25) is 0 Å². The molecule has 0 unspecified atom stereocenters. The van der Waals surface area contributed by atoms with E-state index in [9.17, 15) is 5.26 Å². The van der Waals surface area contributed by atoms with Gasteiger partial charge in [-0.25, -0.2) is 0 Å². The fraction of sp³-hybridized carbons (Fsp3) is 0.182. The van der Waals surface area contributed by atoms with Crippen LogP contribution in [-0.2, 0) is 0 Å². The average molecular weight is 347 g/mol. The lowest BCUT2D eigenvalue weighted by Crippen LogP contribution is -1.88. The third-order valence-electron chi connectivity index (χ3n) is 1.83. The van der Waals surface area contributed by atoms with Gasteiger partial charge in [0.05, 0.1) is 9.81 Å². The van der Waals surface area contributed by atoms with Crippen molar-refractivity contribution in [1.82, 2.24) is 0 Å². The van der Waals surface area contributed by atoms with E-state index in [1.54, 1.807) is 23.5 Å². The van der Waals surface area contributed by atoms with Crippen LogP contribution in [0.4, 0.5) is 0 Å². The first-order chi connectivity index (χ1) is 7.24. The van der Waals surface area contributed by atoms with E-state index in [0.717, 1.165) is 18.9 Å². The van der Waals surface area contributed by atoms with E-state index in [1.807, 2.05) is 36.8 Å². The highest BCUT2D eigenvalue weighted by molar-refractivity contribution is 14.1. The Hall–Kier alpha value is -0.120. The van der Waals surface area contributed by atoms with Crippen LogP contribution in [0.1, 0.15) is 5.56 Å². The lowest BCUT2D eigenvalue weighted by atomic mass is 10.1. The molecule has 0 amide bonds. The zero-order valence-electron chi connectivity index (χ0n) is 8.45. The maximum absolute atomic E-state index is 9.20. The first-order valence-corrected chi connectivity index (χ1v) is 7.74. The molecule has 1 aromatic rings. The smallest absolute Gasteiger partial charge is 0.102 e. The minimum Gasteiger partial charge on any atom is -0.192 e. The highest BCUT2D eigenvalue weighted by Crippen LogP contribution is 2.34. The van der Waals surface area contributed by atoms with Gasteiger partial charge in [0.1, 0.15) is 6.07 Å². The molecule has 0 aliphatic heterocycles. The summed E-state index contributed by atoms with van der Waals surface area (Å²) in [5.74, 6) is 0. The Bertz CT molecular complexity index is 415. The summed E-state index contributed by atoms with van der Waals surface area (Å²) in [6.45, 7) is 0. The van der Waals surface area contributed by atoms with Gasteiger partial charge >= 0.3 is 0 Å². The highest BCUT2D eigenvalue weighted by atomic mass is 127. The molecule has 1 aromatic carbocycles. The third kappa shape index (κ3) is 3.16. The molecule has 1 rings (SSSR count). The van der Waals surface area contributed by atoms with E-state index < -0.39 is 0 Å². The minimum absolute atomic E-state index is 0.778. The summed E-state index contributed by atoms with van der Waals surface area (Å²) in [4.78, 5) is 0. The Morgan fingerprint density at radius 1 is 1.27 bits per heavy atom. The number of benzene rings is 1.